The number of aromatic nitrogens is 1. The highest BCUT2D eigenvalue weighted by molar-refractivity contribution is 7.92. The number of carboxylic acids is 1. The molecule has 2 N–H and O–H groups in total. The second kappa shape index (κ2) is 9.22. The van der Waals surface area contributed by atoms with E-state index in [0.717, 1.165) is 12.3 Å². The van der Waals surface area contributed by atoms with Gasteiger partial charge in [-0.25, -0.2) is 17.2 Å². The van der Waals surface area contributed by atoms with Crippen LogP contribution in [0.15, 0.2) is 53.7 Å². The molecule has 0 saturated heterocycles. The Morgan fingerprint density at radius 3 is 2.56 bits per heavy atom. The lowest BCUT2D eigenvalue weighted by Gasteiger charge is -2.19. The number of rotatable bonds is 7. The van der Waals surface area contributed by atoms with E-state index in [4.69, 9.17) is 11.6 Å². The van der Waals surface area contributed by atoms with E-state index in [1.165, 1.54) is 43.5 Å². The summed E-state index contributed by atoms with van der Waals surface area (Å²) in [7, 11) is -4.32. The minimum atomic E-state index is -4.32. The first-order chi connectivity index (χ1) is 15.0. The van der Waals surface area contributed by atoms with E-state index < -0.39 is 44.8 Å². The van der Waals surface area contributed by atoms with Crippen LogP contribution in [0.2, 0.25) is 5.02 Å². The second-order valence-corrected chi connectivity index (χ2v) is 9.16. The first-order valence-electron chi connectivity index (χ1n) is 9.52. The molecule has 3 aromatic rings. The number of hydrogen-bond donors (Lipinski definition) is 2. The Kier molecular flexibility index (Phi) is 6.80. The molecule has 6 nitrogen and oxygen atoms in total. The third-order valence-corrected chi connectivity index (χ3v) is 6.55. The number of pyridine rings is 1. The molecule has 0 aliphatic rings. The Hall–Kier alpha value is -3.04. The second-order valence-electron chi connectivity index (χ2n) is 7.07. The molecule has 3 rings (SSSR count). The third kappa shape index (κ3) is 4.73. The largest absolute Gasteiger partial charge is 0.481 e. The highest BCUT2D eigenvalue weighted by atomic mass is 35.5. The number of carboxylic acid groups (broad SMARTS) is 1. The summed E-state index contributed by atoms with van der Waals surface area (Å²) in [5.74, 6) is -4.50. The molecule has 0 bridgehead atoms. The van der Waals surface area contributed by atoms with Crippen LogP contribution in [0, 0.1) is 11.6 Å². The molecule has 1 heterocycles. The first-order valence-corrected chi connectivity index (χ1v) is 11.4. The number of halogens is 3. The number of nitrogens with one attached hydrogen (secondary N) is 1. The number of sulfonamides is 1. The van der Waals surface area contributed by atoms with E-state index in [-0.39, 0.29) is 21.0 Å². The van der Waals surface area contributed by atoms with Gasteiger partial charge >= 0.3 is 5.97 Å². The average Bonchev–Trinajstić information content (AvgIpc) is 2.75. The fraction of sp³-hybridized carbons (Fsp3) is 0.182. The fourth-order valence-corrected chi connectivity index (χ4v) is 4.58. The van der Waals surface area contributed by atoms with Crippen molar-refractivity contribution < 1.29 is 27.1 Å². The SMILES string of the molecule is CCc1cncc(S(=O)(=O)Nc2c(-c3cccc(F)c3)cc(Cl)c(C(C)C(=O)O)c2F)c1. The molecular formula is C22H19ClF2N2O4S. The van der Waals surface area contributed by atoms with Gasteiger partial charge in [0.15, 0.2) is 5.82 Å². The number of hydrogen-bond acceptors (Lipinski definition) is 4. The summed E-state index contributed by atoms with van der Waals surface area (Å²) >= 11 is 6.18. The van der Waals surface area contributed by atoms with Crippen LogP contribution in [-0.2, 0) is 21.2 Å². The van der Waals surface area contributed by atoms with Crippen LogP contribution >= 0.6 is 11.6 Å². The van der Waals surface area contributed by atoms with Crippen LogP contribution in [0.5, 0.6) is 0 Å². The minimum Gasteiger partial charge on any atom is -0.481 e. The molecule has 32 heavy (non-hydrogen) atoms. The van der Waals surface area contributed by atoms with E-state index >= 15 is 4.39 Å². The monoisotopic (exact) mass is 480 g/mol. The van der Waals surface area contributed by atoms with Gasteiger partial charge in [-0.2, -0.15) is 0 Å². The van der Waals surface area contributed by atoms with Crippen molar-refractivity contribution in [1.82, 2.24) is 4.98 Å². The predicted octanol–water partition coefficient (Wildman–Crippen LogP) is 5.23. The minimum absolute atomic E-state index is 0.0449. The molecule has 0 fully saturated rings. The van der Waals surface area contributed by atoms with Gasteiger partial charge < -0.3 is 5.11 Å². The lowest BCUT2D eigenvalue weighted by molar-refractivity contribution is -0.138. The van der Waals surface area contributed by atoms with Gasteiger partial charge in [0.05, 0.1) is 11.6 Å². The van der Waals surface area contributed by atoms with Crippen molar-refractivity contribution >= 4 is 33.3 Å². The third-order valence-electron chi connectivity index (χ3n) is 4.92. The zero-order valence-corrected chi connectivity index (χ0v) is 18.6. The van der Waals surface area contributed by atoms with Gasteiger partial charge in [0.25, 0.3) is 10.0 Å². The van der Waals surface area contributed by atoms with Crippen molar-refractivity contribution in [1.29, 1.82) is 0 Å². The summed E-state index contributed by atoms with van der Waals surface area (Å²) < 4.78 is 57.7. The van der Waals surface area contributed by atoms with Crippen molar-refractivity contribution in [2.24, 2.45) is 0 Å². The maximum Gasteiger partial charge on any atom is 0.310 e. The van der Waals surface area contributed by atoms with Gasteiger partial charge in [-0.3, -0.25) is 14.5 Å². The summed E-state index contributed by atoms with van der Waals surface area (Å²) in [5.41, 5.74) is -0.174. The molecule has 0 amide bonds. The lowest BCUT2D eigenvalue weighted by atomic mass is 9.95. The zero-order valence-electron chi connectivity index (χ0n) is 17.1. The summed E-state index contributed by atoms with van der Waals surface area (Å²) in [6, 6.07) is 7.69. The molecule has 1 unspecified atom stereocenters. The van der Waals surface area contributed by atoms with Crippen LogP contribution in [-0.4, -0.2) is 24.5 Å². The van der Waals surface area contributed by atoms with Crippen LogP contribution in [0.25, 0.3) is 11.1 Å². The highest BCUT2D eigenvalue weighted by Crippen LogP contribution is 2.40. The van der Waals surface area contributed by atoms with E-state index in [1.807, 2.05) is 6.92 Å². The number of benzene rings is 2. The van der Waals surface area contributed by atoms with Crippen LogP contribution < -0.4 is 4.72 Å². The van der Waals surface area contributed by atoms with Crippen molar-refractivity contribution in [2.45, 2.75) is 31.1 Å². The summed E-state index contributed by atoms with van der Waals surface area (Å²) in [5, 5.41) is 9.12. The normalized spacial score (nSPS) is 12.4. The van der Waals surface area contributed by atoms with E-state index in [0.29, 0.717) is 12.0 Å². The van der Waals surface area contributed by atoms with Crippen molar-refractivity contribution in [2.75, 3.05) is 4.72 Å². The highest BCUT2D eigenvalue weighted by Gasteiger charge is 2.29. The van der Waals surface area contributed by atoms with Gasteiger partial charge in [0.2, 0.25) is 0 Å². The first kappa shape index (κ1) is 23.6. The predicted molar refractivity (Wildman–Crippen MR) is 117 cm³/mol. The summed E-state index contributed by atoms with van der Waals surface area (Å²) in [6.45, 7) is 3.04. The van der Waals surface area contributed by atoms with Crippen molar-refractivity contribution in [3.63, 3.8) is 0 Å². The van der Waals surface area contributed by atoms with Gasteiger partial charge in [0, 0.05) is 28.5 Å². The molecule has 1 aromatic heterocycles. The summed E-state index contributed by atoms with van der Waals surface area (Å²) in [4.78, 5) is 15.2. The van der Waals surface area contributed by atoms with Gasteiger partial charge in [-0.05, 0) is 48.7 Å². The van der Waals surface area contributed by atoms with E-state index in [1.54, 1.807) is 0 Å². The molecule has 0 spiro atoms. The number of carbonyl (C=O) groups is 1. The van der Waals surface area contributed by atoms with Crippen LogP contribution in [0.3, 0.4) is 0 Å². The van der Waals surface area contributed by atoms with Gasteiger partial charge in [0.1, 0.15) is 10.7 Å². The van der Waals surface area contributed by atoms with Gasteiger partial charge in [-0.1, -0.05) is 30.7 Å². The number of nitrogens with zero attached hydrogens (tertiary/aromatic N) is 1. The number of aliphatic carboxylic acids is 1. The Morgan fingerprint density at radius 2 is 1.94 bits per heavy atom. The lowest BCUT2D eigenvalue weighted by Crippen LogP contribution is -2.18. The molecule has 0 aliphatic heterocycles. The summed E-state index contributed by atoms with van der Waals surface area (Å²) in [6.07, 6.45) is 3.14. The van der Waals surface area contributed by atoms with Crippen molar-refractivity contribution in [3.05, 3.63) is 76.6 Å². The quantitative estimate of drug-likeness (QED) is 0.482. The molecule has 1 atom stereocenters. The van der Waals surface area contributed by atoms with E-state index in [2.05, 4.69) is 9.71 Å². The molecule has 168 valence electrons. The molecule has 2 aromatic carbocycles. The molecule has 0 saturated carbocycles. The zero-order chi connectivity index (χ0) is 23.6. The number of anilines is 1. The maximum absolute atomic E-state index is 15.6. The number of aryl methyl sites for hydroxylation is 1. The Labute approximate surface area is 188 Å². The molecule has 10 heteroatoms. The van der Waals surface area contributed by atoms with Crippen LogP contribution in [0.4, 0.5) is 14.5 Å². The standard InChI is InChI=1S/C22H19ClF2N2O4S/c1-3-13-7-16(11-26-10-13)32(30,31)27-21-17(14-5-4-6-15(24)8-14)9-18(23)19(20(21)25)12(2)22(28)29/h4-12,27H,3H2,1-2H3,(H,28,29). The Balaban J connectivity index is 2.25. The van der Waals surface area contributed by atoms with Crippen LogP contribution in [0.1, 0.15) is 30.9 Å². The molecular weight excluding hydrogens is 462 g/mol. The molecule has 0 radical (unpaired) electrons. The maximum atomic E-state index is 15.6. The average molecular weight is 481 g/mol. The Bertz CT molecular complexity index is 1300. The smallest absolute Gasteiger partial charge is 0.310 e. The Morgan fingerprint density at radius 1 is 1.22 bits per heavy atom. The topological polar surface area (TPSA) is 96.4 Å². The van der Waals surface area contributed by atoms with E-state index in [9.17, 15) is 22.7 Å². The van der Waals surface area contributed by atoms with Crippen molar-refractivity contribution in [3.8, 4) is 11.1 Å². The molecule has 0 aliphatic carbocycles. The fourth-order valence-electron chi connectivity index (χ4n) is 3.14. The van der Waals surface area contributed by atoms with Gasteiger partial charge in [-0.15, -0.1) is 0 Å².